The highest BCUT2D eigenvalue weighted by Crippen LogP contribution is 2.15. The Morgan fingerprint density at radius 1 is 1.53 bits per heavy atom. The van der Waals surface area contributed by atoms with Crippen LogP contribution in [0.4, 0.5) is 0 Å². The van der Waals surface area contributed by atoms with E-state index in [1.165, 1.54) is 0 Å². The van der Waals surface area contributed by atoms with Gasteiger partial charge in [-0.25, -0.2) is 0 Å². The second-order valence-corrected chi connectivity index (χ2v) is 3.97. The minimum atomic E-state index is 0.204. The van der Waals surface area contributed by atoms with Crippen LogP contribution >= 0.6 is 0 Å². The molecule has 1 aliphatic heterocycles. The van der Waals surface area contributed by atoms with Crippen molar-refractivity contribution in [2.75, 3.05) is 13.1 Å². The molecule has 0 spiro atoms. The van der Waals surface area contributed by atoms with Crippen LogP contribution in [-0.2, 0) is 11.3 Å². The van der Waals surface area contributed by atoms with Gasteiger partial charge in [-0.05, 0) is 19.4 Å². The maximum Gasteiger partial charge on any atom is 0.124 e. The molecule has 80 valence electrons. The zero-order valence-corrected chi connectivity index (χ0v) is 8.67. The first-order valence-electron chi connectivity index (χ1n) is 5.31. The van der Waals surface area contributed by atoms with Gasteiger partial charge in [-0.1, -0.05) is 0 Å². The van der Waals surface area contributed by atoms with Crippen molar-refractivity contribution in [2.24, 2.45) is 5.92 Å². The summed E-state index contributed by atoms with van der Waals surface area (Å²) in [6, 6.07) is 0. The summed E-state index contributed by atoms with van der Waals surface area (Å²) in [5, 5.41) is 0. The van der Waals surface area contributed by atoms with Crippen LogP contribution in [0.3, 0.4) is 0 Å². The van der Waals surface area contributed by atoms with Crippen LogP contribution in [0.25, 0.3) is 0 Å². The molecule has 1 aromatic rings. The van der Waals surface area contributed by atoms with Crippen LogP contribution in [-0.4, -0.2) is 34.2 Å². The first-order valence-corrected chi connectivity index (χ1v) is 5.31. The van der Waals surface area contributed by atoms with E-state index >= 15 is 0 Å². The van der Waals surface area contributed by atoms with E-state index in [0.29, 0.717) is 0 Å². The summed E-state index contributed by atoms with van der Waals surface area (Å²) >= 11 is 0. The smallest absolute Gasteiger partial charge is 0.124 e. The molecule has 1 unspecified atom stereocenters. The van der Waals surface area contributed by atoms with Gasteiger partial charge in [0.05, 0.1) is 5.69 Å². The summed E-state index contributed by atoms with van der Waals surface area (Å²) in [6.45, 7) is 2.72. The Bertz CT molecular complexity index is 315. The number of likely N-dealkylation sites (tertiary alicyclic amines) is 1. The molecule has 15 heavy (non-hydrogen) atoms. The molecule has 4 heteroatoms. The third kappa shape index (κ3) is 2.83. The lowest BCUT2D eigenvalue weighted by Gasteiger charge is -2.29. The largest absolute Gasteiger partial charge is 0.303 e. The molecule has 1 atom stereocenters. The SMILES string of the molecule is O=CC1CCCN(Cc2cnccn2)C1. The van der Waals surface area contributed by atoms with Gasteiger partial charge in [0, 0.05) is 37.6 Å². The number of nitrogens with zero attached hydrogens (tertiary/aromatic N) is 3. The summed E-state index contributed by atoms with van der Waals surface area (Å²) < 4.78 is 0. The highest BCUT2D eigenvalue weighted by atomic mass is 16.1. The third-order valence-corrected chi connectivity index (χ3v) is 2.74. The lowest BCUT2D eigenvalue weighted by atomic mass is 10.00. The summed E-state index contributed by atoms with van der Waals surface area (Å²) in [7, 11) is 0. The molecular weight excluding hydrogens is 190 g/mol. The van der Waals surface area contributed by atoms with Crippen molar-refractivity contribution in [2.45, 2.75) is 19.4 Å². The second kappa shape index (κ2) is 4.98. The van der Waals surface area contributed by atoms with Crippen molar-refractivity contribution in [3.63, 3.8) is 0 Å². The van der Waals surface area contributed by atoms with Crippen molar-refractivity contribution >= 4 is 6.29 Å². The van der Waals surface area contributed by atoms with E-state index in [-0.39, 0.29) is 5.92 Å². The average Bonchev–Trinajstić information content (AvgIpc) is 2.31. The standard InChI is InChI=1S/C11H15N3O/c15-9-10-2-1-5-14(7-10)8-11-6-12-3-4-13-11/h3-4,6,9-10H,1-2,5,7-8H2. The molecule has 0 amide bonds. The molecule has 1 aromatic heterocycles. The Labute approximate surface area is 89.3 Å². The predicted molar refractivity (Wildman–Crippen MR) is 56.1 cm³/mol. The van der Waals surface area contributed by atoms with Gasteiger partial charge in [-0.3, -0.25) is 14.9 Å². The predicted octanol–water partition coefficient (Wildman–Crippen LogP) is 0.887. The molecule has 0 N–H and O–H groups in total. The van der Waals surface area contributed by atoms with E-state index in [4.69, 9.17) is 0 Å². The molecular formula is C11H15N3O. The first-order chi connectivity index (χ1) is 7.38. The van der Waals surface area contributed by atoms with E-state index < -0.39 is 0 Å². The third-order valence-electron chi connectivity index (χ3n) is 2.74. The van der Waals surface area contributed by atoms with Gasteiger partial charge in [0.15, 0.2) is 0 Å². The maximum atomic E-state index is 10.7. The van der Waals surface area contributed by atoms with Crippen molar-refractivity contribution < 1.29 is 4.79 Å². The fraction of sp³-hybridized carbons (Fsp3) is 0.545. The minimum absolute atomic E-state index is 0.204. The first kappa shape index (κ1) is 10.2. The average molecular weight is 205 g/mol. The van der Waals surface area contributed by atoms with Crippen molar-refractivity contribution in [1.29, 1.82) is 0 Å². The highest BCUT2D eigenvalue weighted by Gasteiger charge is 2.19. The van der Waals surface area contributed by atoms with Gasteiger partial charge in [-0.2, -0.15) is 0 Å². The Morgan fingerprint density at radius 3 is 3.20 bits per heavy atom. The van der Waals surface area contributed by atoms with E-state index in [1.54, 1.807) is 18.6 Å². The van der Waals surface area contributed by atoms with Crippen molar-refractivity contribution in [1.82, 2.24) is 14.9 Å². The summed E-state index contributed by atoms with van der Waals surface area (Å²) in [5.41, 5.74) is 0.976. The van der Waals surface area contributed by atoms with Gasteiger partial charge >= 0.3 is 0 Å². The number of hydrogen-bond acceptors (Lipinski definition) is 4. The Kier molecular flexibility index (Phi) is 3.40. The van der Waals surface area contributed by atoms with Gasteiger partial charge < -0.3 is 4.79 Å². The molecule has 0 radical (unpaired) electrons. The highest BCUT2D eigenvalue weighted by molar-refractivity contribution is 5.53. The molecule has 0 aliphatic carbocycles. The molecule has 2 rings (SSSR count). The van der Waals surface area contributed by atoms with Gasteiger partial charge in [0.2, 0.25) is 0 Å². The fourth-order valence-corrected chi connectivity index (χ4v) is 1.99. The van der Waals surface area contributed by atoms with Crippen LogP contribution in [0.15, 0.2) is 18.6 Å². The zero-order valence-electron chi connectivity index (χ0n) is 8.67. The number of piperidine rings is 1. The molecule has 1 saturated heterocycles. The zero-order chi connectivity index (χ0) is 10.5. The normalized spacial score (nSPS) is 22.5. The van der Waals surface area contributed by atoms with Crippen LogP contribution in [0.1, 0.15) is 18.5 Å². The number of aromatic nitrogens is 2. The molecule has 0 aromatic carbocycles. The summed E-state index contributed by atoms with van der Waals surface area (Å²) in [5.74, 6) is 0.204. The van der Waals surface area contributed by atoms with Gasteiger partial charge in [-0.15, -0.1) is 0 Å². The van der Waals surface area contributed by atoms with Crippen LogP contribution in [0.2, 0.25) is 0 Å². The van der Waals surface area contributed by atoms with Gasteiger partial charge in [0.1, 0.15) is 6.29 Å². The molecule has 2 heterocycles. The Balaban J connectivity index is 1.92. The number of rotatable bonds is 3. The monoisotopic (exact) mass is 205 g/mol. The molecule has 0 bridgehead atoms. The second-order valence-electron chi connectivity index (χ2n) is 3.97. The number of carbonyl (C=O) groups excluding carboxylic acids is 1. The Morgan fingerprint density at radius 2 is 2.47 bits per heavy atom. The maximum absolute atomic E-state index is 10.7. The van der Waals surface area contributed by atoms with Crippen molar-refractivity contribution in [3.8, 4) is 0 Å². The van der Waals surface area contributed by atoms with Crippen molar-refractivity contribution in [3.05, 3.63) is 24.3 Å². The number of aldehydes is 1. The van der Waals surface area contributed by atoms with Crippen LogP contribution < -0.4 is 0 Å². The van der Waals surface area contributed by atoms with E-state index in [0.717, 1.165) is 44.5 Å². The summed E-state index contributed by atoms with van der Waals surface area (Å²) in [6.07, 6.45) is 8.36. The van der Waals surface area contributed by atoms with E-state index in [9.17, 15) is 4.79 Å². The van der Waals surface area contributed by atoms with E-state index in [2.05, 4.69) is 14.9 Å². The fourth-order valence-electron chi connectivity index (χ4n) is 1.99. The van der Waals surface area contributed by atoms with Crippen LogP contribution in [0, 0.1) is 5.92 Å². The minimum Gasteiger partial charge on any atom is -0.303 e. The molecule has 0 saturated carbocycles. The molecule has 1 aliphatic rings. The lowest BCUT2D eigenvalue weighted by molar-refractivity contribution is -0.112. The quantitative estimate of drug-likeness (QED) is 0.687. The number of carbonyl (C=O) groups is 1. The van der Waals surface area contributed by atoms with Crippen LogP contribution in [0.5, 0.6) is 0 Å². The lowest BCUT2D eigenvalue weighted by Crippen LogP contribution is -2.35. The topological polar surface area (TPSA) is 46.1 Å². The molecule has 4 nitrogen and oxygen atoms in total. The number of hydrogen-bond donors (Lipinski definition) is 0. The summed E-state index contributed by atoms with van der Waals surface area (Å²) in [4.78, 5) is 21.2. The van der Waals surface area contributed by atoms with Gasteiger partial charge in [0.25, 0.3) is 0 Å². The van der Waals surface area contributed by atoms with E-state index in [1.807, 2.05) is 0 Å². The molecule has 1 fully saturated rings. The Hall–Kier alpha value is -1.29.